The predicted octanol–water partition coefficient (Wildman–Crippen LogP) is 1.98. The smallest absolute Gasteiger partial charge is 0.195 e. The summed E-state index contributed by atoms with van der Waals surface area (Å²) in [7, 11) is 0. The third kappa shape index (κ3) is 1.27. The van der Waals surface area contributed by atoms with E-state index in [0.717, 1.165) is 0 Å². The predicted molar refractivity (Wildman–Crippen MR) is 50.6 cm³/mol. The van der Waals surface area contributed by atoms with E-state index in [0.29, 0.717) is 12.8 Å². The molecule has 3 N–H and O–H groups in total. The molecule has 1 fully saturated rings. The molecule has 0 aliphatic heterocycles. The second kappa shape index (κ2) is 2.84. The van der Waals surface area contributed by atoms with Gasteiger partial charge in [-0.2, -0.15) is 0 Å². The van der Waals surface area contributed by atoms with Gasteiger partial charge in [0.1, 0.15) is 0 Å². The van der Waals surface area contributed by atoms with Gasteiger partial charge < -0.3 is 15.3 Å². The molecule has 0 radical (unpaired) electrons. The molecule has 0 saturated heterocycles. The van der Waals surface area contributed by atoms with Gasteiger partial charge in [-0.15, -0.1) is 0 Å². The SMILES string of the molecule is Oc1c(C2(O)CC2)cc(Br)c(F)c1O. The van der Waals surface area contributed by atoms with Crippen LogP contribution in [0.2, 0.25) is 0 Å². The molecule has 0 amide bonds. The highest BCUT2D eigenvalue weighted by molar-refractivity contribution is 9.10. The van der Waals surface area contributed by atoms with Crippen molar-refractivity contribution in [3.05, 3.63) is 21.9 Å². The van der Waals surface area contributed by atoms with E-state index in [-0.39, 0.29) is 10.0 Å². The fraction of sp³-hybridized carbons (Fsp3) is 0.333. The Labute approximate surface area is 87.9 Å². The van der Waals surface area contributed by atoms with Crippen molar-refractivity contribution < 1.29 is 19.7 Å². The molecule has 0 unspecified atom stereocenters. The zero-order valence-corrected chi connectivity index (χ0v) is 8.68. The van der Waals surface area contributed by atoms with Crippen molar-refractivity contribution in [3.63, 3.8) is 0 Å². The van der Waals surface area contributed by atoms with Crippen molar-refractivity contribution in [1.29, 1.82) is 0 Å². The number of phenolic OH excluding ortho intramolecular Hbond substituents is 2. The molecule has 1 aromatic carbocycles. The zero-order chi connectivity index (χ0) is 10.5. The summed E-state index contributed by atoms with van der Waals surface area (Å²) < 4.78 is 13.1. The second-order valence-corrected chi connectivity index (χ2v) is 4.30. The zero-order valence-electron chi connectivity index (χ0n) is 7.09. The number of phenols is 2. The average molecular weight is 263 g/mol. The van der Waals surface area contributed by atoms with Gasteiger partial charge in [-0.3, -0.25) is 0 Å². The van der Waals surface area contributed by atoms with Gasteiger partial charge in [-0.25, -0.2) is 4.39 Å². The van der Waals surface area contributed by atoms with Crippen LogP contribution in [-0.2, 0) is 5.60 Å². The Kier molecular flexibility index (Phi) is 1.97. The molecule has 5 heteroatoms. The number of hydrogen-bond acceptors (Lipinski definition) is 3. The van der Waals surface area contributed by atoms with Gasteiger partial charge in [0.15, 0.2) is 17.3 Å². The molecule has 0 aromatic heterocycles. The van der Waals surface area contributed by atoms with Gasteiger partial charge in [0.2, 0.25) is 0 Å². The molecule has 0 heterocycles. The standard InChI is InChI=1S/C9H8BrFO3/c10-5-3-4(9(14)1-2-9)7(12)8(13)6(5)11/h3,12-14H,1-2H2. The van der Waals surface area contributed by atoms with E-state index >= 15 is 0 Å². The van der Waals surface area contributed by atoms with Crippen molar-refractivity contribution in [2.45, 2.75) is 18.4 Å². The van der Waals surface area contributed by atoms with E-state index in [9.17, 15) is 19.7 Å². The third-order valence-corrected chi connectivity index (χ3v) is 2.97. The van der Waals surface area contributed by atoms with Crippen LogP contribution in [-0.4, -0.2) is 15.3 Å². The fourth-order valence-electron chi connectivity index (χ4n) is 1.35. The largest absolute Gasteiger partial charge is 0.504 e. The van der Waals surface area contributed by atoms with Crippen molar-refractivity contribution >= 4 is 15.9 Å². The van der Waals surface area contributed by atoms with E-state index in [1.165, 1.54) is 6.07 Å². The molecule has 3 nitrogen and oxygen atoms in total. The van der Waals surface area contributed by atoms with E-state index in [4.69, 9.17) is 0 Å². The number of rotatable bonds is 1. The molecule has 1 aliphatic rings. The first-order valence-corrected chi connectivity index (χ1v) is 4.88. The molecule has 1 aromatic rings. The first-order valence-electron chi connectivity index (χ1n) is 4.08. The third-order valence-electron chi connectivity index (χ3n) is 2.39. The quantitative estimate of drug-likeness (QED) is 0.679. The van der Waals surface area contributed by atoms with Crippen molar-refractivity contribution in [3.8, 4) is 11.5 Å². The number of aliphatic hydroxyl groups is 1. The van der Waals surface area contributed by atoms with Gasteiger partial charge in [0.05, 0.1) is 10.1 Å². The molecule has 1 saturated carbocycles. The van der Waals surface area contributed by atoms with Crippen molar-refractivity contribution in [2.75, 3.05) is 0 Å². The Morgan fingerprint density at radius 3 is 2.36 bits per heavy atom. The lowest BCUT2D eigenvalue weighted by Crippen LogP contribution is -2.05. The van der Waals surface area contributed by atoms with Crippen LogP contribution in [0.25, 0.3) is 0 Å². The lowest BCUT2D eigenvalue weighted by atomic mass is 10.1. The van der Waals surface area contributed by atoms with Crippen LogP contribution < -0.4 is 0 Å². The van der Waals surface area contributed by atoms with Crippen LogP contribution in [0.3, 0.4) is 0 Å². The molecule has 14 heavy (non-hydrogen) atoms. The molecular formula is C9H8BrFO3. The number of aromatic hydroxyl groups is 2. The van der Waals surface area contributed by atoms with E-state index < -0.39 is 22.9 Å². The molecular weight excluding hydrogens is 255 g/mol. The van der Waals surface area contributed by atoms with Crippen molar-refractivity contribution in [1.82, 2.24) is 0 Å². The summed E-state index contributed by atoms with van der Waals surface area (Å²) in [6, 6.07) is 1.29. The summed E-state index contributed by atoms with van der Waals surface area (Å²) in [6.45, 7) is 0. The summed E-state index contributed by atoms with van der Waals surface area (Å²) >= 11 is 2.89. The van der Waals surface area contributed by atoms with Crippen LogP contribution in [0.4, 0.5) is 4.39 Å². The highest BCUT2D eigenvalue weighted by Crippen LogP contribution is 2.52. The van der Waals surface area contributed by atoms with E-state index in [1.807, 2.05) is 0 Å². The van der Waals surface area contributed by atoms with Crippen LogP contribution in [0.1, 0.15) is 18.4 Å². The number of benzene rings is 1. The van der Waals surface area contributed by atoms with Crippen LogP contribution in [0.15, 0.2) is 10.5 Å². The highest BCUT2D eigenvalue weighted by Gasteiger charge is 2.45. The van der Waals surface area contributed by atoms with Gasteiger partial charge in [-0.1, -0.05) is 0 Å². The first-order chi connectivity index (χ1) is 6.46. The Morgan fingerprint density at radius 1 is 1.29 bits per heavy atom. The minimum absolute atomic E-state index is 0.0307. The minimum atomic E-state index is -1.10. The Balaban J connectivity index is 2.62. The van der Waals surface area contributed by atoms with E-state index in [1.54, 1.807) is 0 Å². The summed E-state index contributed by atoms with van der Waals surface area (Å²) in [5, 5.41) is 28.3. The topological polar surface area (TPSA) is 60.7 Å². The monoisotopic (exact) mass is 262 g/mol. The maximum Gasteiger partial charge on any atom is 0.195 e. The number of halogens is 2. The summed E-state index contributed by atoms with van der Waals surface area (Å²) in [5.74, 6) is -2.32. The maximum atomic E-state index is 13.0. The average Bonchev–Trinajstić information content (AvgIpc) is 2.87. The molecule has 2 rings (SSSR count). The van der Waals surface area contributed by atoms with Gasteiger partial charge in [0, 0.05) is 5.56 Å². The Bertz CT molecular complexity index is 402. The van der Waals surface area contributed by atoms with Crippen molar-refractivity contribution in [2.24, 2.45) is 0 Å². The van der Waals surface area contributed by atoms with Gasteiger partial charge >= 0.3 is 0 Å². The Hall–Kier alpha value is -0.810. The summed E-state index contributed by atoms with van der Waals surface area (Å²) in [5.41, 5.74) is -0.930. The number of hydrogen-bond donors (Lipinski definition) is 3. The molecule has 0 bridgehead atoms. The van der Waals surface area contributed by atoms with Crippen LogP contribution in [0.5, 0.6) is 11.5 Å². The molecule has 1 aliphatic carbocycles. The fourth-order valence-corrected chi connectivity index (χ4v) is 1.76. The van der Waals surface area contributed by atoms with Crippen LogP contribution >= 0.6 is 15.9 Å². The molecule has 0 spiro atoms. The Morgan fingerprint density at radius 2 is 1.86 bits per heavy atom. The highest BCUT2D eigenvalue weighted by atomic mass is 79.9. The summed E-state index contributed by atoms with van der Waals surface area (Å²) in [4.78, 5) is 0. The second-order valence-electron chi connectivity index (χ2n) is 3.45. The van der Waals surface area contributed by atoms with Crippen LogP contribution in [0, 0.1) is 5.82 Å². The molecule has 0 atom stereocenters. The summed E-state index contributed by atoms with van der Waals surface area (Å²) in [6.07, 6.45) is 1.02. The maximum absolute atomic E-state index is 13.0. The first kappa shape index (κ1) is 9.73. The lowest BCUT2D eigenvalue weighted by Gasteiger charge is -2.12. The van der Waals surface area contributed by atoms with Gasteiger partial charge in [0.25, 0.3) is 0 Å². The minimum Gasteiger partial charge on any atom is -0.504 e. The lowest BCUT2D eigenvalue weighted by molar-refractivity contribution is 0.146. The van der Waals surface area contributed by atoms with Gasteiger partial charge in [-0.05, 0) is 34.8 Å². The molecule has 76 valence electrons. The normalized spacial score (nSPS) is 18.2. The van der Waals surface area contributed by atoms with E-state index in [2.05, 4.69) is 15.9 Å².